The summed E-state index contributed by atoms with van der Waals surface area (Å²) in [5, 5.41) is 8.05. The monoisotopic (exact) mass is 319 g/mol. The summed E-state index contributed by atoms with van der Waals surface area (Å²) < 4.78 is 1.82. The van der Waals surface area contributed by atoms with Crippen molar-refractivity contribution in [3.8, 4) is 17.1 Å². The van der Waals surface area contributed by atoms with Gasteiger partial charge in [-0.15, -0.1) is 5.10 Å². The highest BCUT2D eigenvalue weighted by Crippen LogP contribution is 2.25. The maximum atomic E-state index is 4.65. The Morgan fingerprint density at radius 2 is 1.75 bits per heavy atom. The van der Waals surface area contributed by atoms with Crippen molar-refractivity contribution in [2.75, 3.05) is 31.1 Å². The van der Waals surface area contributed by atoms with Crippen LogP contribution in [0.3, 0.4) is 0 Å². The van der Waals surface area contributed by atoms with Gasteiger partial charge in [0.1, 0.15) is 6.33 Å². The maximum absolute atomic E-state index is 4.65. The molecule has 0 amide bonds. The Bertz CT molecular complexity index is 819. The van der Waals surface area contributed by atoms with Crippen molar-refractivity contribution in [2.24, 2.45) is 0 Å². The number of para-hydroxylation sites is 1. The summed E-state index contributed by atoms with van der Waals surface area (Å²) in [6, 6.07) is 16.7. The third-order valence-corrected chi connectivity index (χ3v) is 4.32. The van der Waals surface area contributed by atoms with Gasteiger partial charge in [-0.25, -0.2) is 9.67 Å². The van der Waals surface area contributed by atoms with Crippen LogP contribution in [0, 0.1) is 6.92 Å². The Kier molecular flexibility index (Phi) is 4.01. The predicted octanol–water partition coefficient (Wildman–Crippen LogP) is 2.65. The van der Waals surface area contributed by atoms with E-state index in [0.29, 0.717) is 0 Å². The van der Waals surface area contributed by atoms with E-state index in [-0.39, 0.29) is 0 Å². The zero-order chi connectivity index (χ0) is 16.4. The van der Waals surface area contributed by atoms with Crippen molar-refractivity contribution >= 4 is 5.69 Å². The van der Waals surface area contributed by atoms with Crippen molar-refractivity contribution in [3.05, 3.63) is 60.4 Å². The van der Waals surface area contributed by atoms with Gasteiger partial charge in [0, 0.05) is 37.4 Å². The molecule has 0 atom stereocenters. The molecule has 122 valence electrons. The molecule has 0 aliphatic carbocycles. The number of anilines is 1. The SMILES string of the molecule is Cc1cc(-c2ncn(-c3ccccc3)n2)cc(N2CCNCC2)c1. The minimum atomic E-state index is 0.763. The van der Waals surface area contributed by atoms with Crippen LogP contribution in [-0.2, 0) is 0 Å². The molecule has 1 N–H and O–H groups in total. The molecule has 0 radical (unpaired) electrons. The quantitative estimate of drug-likeness (QED) is 0.806. The zero-order valence-corrected chi connectivity index (χ0v) is 13.8. The summed E-state index contributed by atoms with van der Waals surface area (Å²) >= 11 is 0. The molecule has 1 fully saturated rings. The normalized spacial score (nSPS) is 14.8. The summed E-state index contributed by atoms with van der Waals surface area (Å²) in [5.41, 5.74) is 4.57. The fourth-order valence-corrected chi connectivity index (χ4v) is 3.10. The Hall–Kier alpha value is -2.66. The lowest BCUT2D eigenvalue weighted by molar-refractivity contribution is 0.589. The van der Waals surface area contributed by atoms with Crippen LogP contribution in [0.4, 0.5) is 5.69 Å². The molecule has 1 aliphatic heterocycles. The molecule has 24 heavy (non-hydrogen) atoms. The van der Waals surface area contributed by atoms with E-state index < -0.39 is 0 Å². The van der Waals surface area contributed by atoms with Crippen molar-refractivity contribution < 1.29 is 0 Å². The van der Waals surface area contributed by atoms with Crippen LogP contribution < -0.4 is 10.2 Å². The van der Waals surface area contributed by atoms with Crippen LogP contribution in [0.15, 0.2) is 54.9 Å². The van der Waals surface area contributed by atoms with Crippen LogP contribution >= 0.6 is 0 Å². The second-order valence-corrected chi connectivity index (χ2v) is 6.14. The first-order valence-electron chi connectivity index (χ1n) is 8.34. The standard InChI is InChI=1S/C19H21N5/c1-15-11-16(13-18(12-15)23-9-7-20-8-10-23)19-21-14-24(22-19)17-5-3-2-4-6-17/h2-6,11-14,20H,7-10H2,1H3. The van der Waals surface area contributed by atoms with Gasteiger partial charge < -0.3 is 10.2 Å². The summed E-state index contributed by atoms with van der Waals surface area (Å²) in [4.78, 5) is 6.93. The molecule has 0 saturated carbocycles. The Labute approximate surface area is 142 Å². The molecule has 0 spiro atoms. The van der Waals surface area contributed by atoms with Crippen LogP contribution in [0.25, 0.3) is 17.1 Å². The van der Waals surface area contributed by atoms with E-state index in [1.54, 1.807) is 6.33 Å². The third kappa shape index (κ3) is 3.03. The predicted molar refractivity (Wildman–Crippen MR) is 96.6 cm³/mol. The molecule has 0 unspecified atom stereocenters. The molecule has 5 heteroatoms. The van der Waals surface area contributed by atoms with E-state index in [1.807, 2.05) is 35.0 Å². The number of nitrogens with zero attached hydrogens (tertiary/aromatic N) is 4. The second kappa shape index (κ2) is 6.45. The molecular weight excluding hydrogens is 298 g/mol. The van der Waals surface area contributed by atoms with E-state index in [1.165, 1.54) is 11.3 Å². The number of hydrogen-bond acceptors (Lipinski definition) is 4. The van der Waals surface area contributed by atoms with Crippen LogP contribution in [0.1, 0.15) is 5.56 Å². The van der Waals surface area contributed by atoms with Crippen LogP contribution in [-0.4, -0.2) is 40.9 Å². The van der Waals surface area contributed by atoms with E-state index in [9.17, 15) is 0 Å². The van der Waals surface area contributed by atoms with Gasteiger partial charge in [0.15, 0.2) is 5.82 Å². The molecule has 4 rings (SSSR count). The molecule has 3 aromatic rings. The summed E-state index contributed by atoms with van der Waals surface area (Å²) in [5.74, 6) is 0.763. The zero-order valence-electron chi connectivity index (χ0n) is 13.8. The molecule has 0 bridgehead atoms. The number of benzene rings is 2. The van der Waals surface area contributed by atoms with Gasteiger partial charge in [-0.05, 0) is 42.8 Å². The molecular formula is C19H21N5. The summed E-state index contributed by atoms with van der Waals surface area (Å²) in [6.07, 6.45) is 1.78. The van der Waals surface area contributed by atoms with Crippen molar-refractivity contribution in [1.29, 1.82) is 0 Å². The number of hydrogen-bond donors (Lipinski definition) is 1. The molecule has 1 saturated heterocycles. The summed E-state index contributed by atoms with van der Waals surface area (Å²) in [7, 11) is 0. The first-order chi connectivity index (χ1) is 11.8. The average Bonchev–Trinajstić information content (AvgIpc) is 3.13. The second-order valence-electron chi connectivity index (χ2n) is 6.14. The number of aromatic nitrogens is 3. The first kappa shape index (κ1) is 14.9. The van der Waals surface area contributed by atoms with E-state index in [4.69, 9.17) is 0 Å². The highest BCUT2D eigenvalue weighted by atomic mass is 15.3. The topological polar surface area (TPSA) is 46.0 Å². The van der Waals surface area contributed by atoms with Gasteiger partial charge in [0.25, 0.3) is 0 Å². The Morgan fingerprint density at radius 1 is 0.958 bits per heavy atom. The van der Waals surface area contributed by atoms with Gasteiger partial charge in [-0.3, -0.25) is 0 Å². The van der Waals surface area contributed by atoms with Gasteiger partial charge in [-0.1, -0.05) is 18.2 Å². The van der Waals surface area contributed by atoms with Crippen LogP contribution in [0.5, 0.6) is 0 Å². The van der Waals surface area contributed by atoms with Crippen molar-refractivity contribution in [1.82, 2.24) is 20.1 Å². The first-order valence-corrected chi connectivity index (χ1v) is 8.34. The number of aryl methyl sites for hydroxylation is 1. The lowest BCUT2D eigenvalue weighted by Gasteiger charge is -2.30. The van der Waals surface area contributed by atoms with Gasteiger partial charge in [0.05, 0.1) is 5.69 Å². The van der Waals surface area contributed by atoms with Crippen molar-refractivity contribution in [3.63, 3.8) is 0 Å². The lowest BCUT2D eigenvalue weighted by atomic mass is 10.1. The number of piperazine rings is 1. The minimum absolute atomic E-state index is 0.763. The highest BCUT2D eigenvalue weighted by Gasteiger charge is 2.13. The highest BCUT2D eigenvalue weighted by molar-refractivity contribution is 5.65. The van der Waals surface area contributed by atoms with Gasteiger partial charge in [-0.2, -0.15) is 0 Å². The van der Waals surface area contributed by atoms with Gasteiger partial charge >= 0.3 is 0 Å². The molecule has 1 aromatic heterocycles. The molecule has 2 aromatic carbocycles. The van der Waals surface area contributed by atoms with Crippen molar-refractivity contribution in [2.45, 2.75) is 6.92 Å². The number of rotatable bonds is 3. The summed E-state index contributed by atoms with van der Waals surface area (Å²) in [6.45, 7) is 6.27. The van der Waals surface area contributed by atoms with E-state index >= 15 is 0 Å². The largest absolute Gasteiger partial charge is 0.369 e. The smallest absolute Gasteiger partial charge is 0.181 e. The Morgan fingerprint density at radius 3 is 2.54 bits per heavy atom. The number of nitrogens with one attached hydrogen (secondary N) is 1. The maximum Gasteiger partial charge on any atom is 0.181 e. The molecule has 1 aliphatic rings. The van der Waals surface area contributed by atoms with E-state index in [0.717, 1.165) is 43.3 Å². The lowest BCUT2D eigenvalue weighted by Crippen LogP contribution is -2.43. The fourth-order valence-electron chi connectivity index (χ4n) is 3.10. The third-order valence-electron chi connectivity index (χ3n) is 4.32. The van der Waals surface area contributed by atoms with Gasteiger partial charge in [0.2, 0.25) is 0 Å². The fraction of sp³-hybridized carbons (Fsp3) is 0.263. The Balaban J connectivity index is 1.67. The van der Waals surface area contributed by atoms with E-state index in [2.05, 4.69) is 45.4 Å². The van der Waals surface area contributed by atoms with Crippen LogP contribution in [0.2, 0.25) is 0 Å². The molecule has 5 nitrogen and oxygen atoms in total. The minimum Gasteiger partial charge on any atom is -0.369 e. The molecule has 2 heterocycles. The average molecular weight is 319 g/mol.